The second kappa shape index (κ2) is 7.19. The number of aromatic nitrogens is 2. The van der Waals surface area contributed by atoms with E-state index in [-0.39, 0.29) is 11.8 Å². The number of carbonyl (C=O) groups excluding carboxylic acids is 2. The first-order valence-electron chi connectivity index (χ1n) is 9.39. The molecule has 140 valence electrons. The molecule has 2 amide bonds. The lowest BCUT2D eigenvalue weighted by Gasteiger charge is -2.35. The van der Waals surface area contributed by atoms with E-state index in [1.54, 1.807) is 11.2 Å². The molecule has 0 unspecified atom stereocenters. The van der Waals surface area contributed by atoms with Gasteiger partial charge in [-0.05, 0) is 19.8 Å². The molecule has 3 aliphatic rings. The topological polar surface area (TPSA) is 78.9 Å². The minimum absolute atomic E-state index is 0.0115. The summed E-state index contributed by atoms with van der Waals surface area (Å²) in [5.74, 6) is 1.07. The zero-order valence-electron chi connectivity index (χ0n) is 15.2. The zero-order chi connectivity index (χ0) is 18.1. The highest BCUT2D eigenvalue weighted by Crippen LogP contribution is 2.27. The van der Waals surface area contributed by atoms with Crippen LogP contribution in [0.15, 0.2) is 6.33 Å². The Hall–Kier alpha value is -2.22. The van der Waals surface area contributed by atoms with Crippen molar-refractivity contribution in [2.45, 2.75) is 38.8 Å². The number of carbonyl (C=O) groups is 2. The van der Waals surface area contributed by atoms with Crippen molar-refractivity contribution >= 4 is 17.6 Å². The van der Waals surface area contributed by atoms with Crippen molar-refractivity contribution in [3.63, 3.8) is 0 Å². The van der Waals surface area contributed by atoms with Crippen molar-refractivity contribution < 1.29 is 14.3 Å². The highest BCUT2D eigenvalue weighted by atomic mass is 16.5. The maximum atomic E-state index is 12.9. The number of amides is 2. The van der Waals surface area contributed by atoms with Gasteiger partial charge in [0.25, 0.3) is 0 Å². The molecular weight excluding hydrogens is 334 g/mol. The molecule has 0 radical (unpaired) electrons. The molecule has 2 saturated heterocycles. The third-order valence-corrected chi connectivity index (χ3v) is 5.54. The average molecular weight is 359 g/mol. The van der Waals surface area contributed by atoms with Crippen molar-refractivity contribution in [2.75, 3.05) is 44.3 Å². The lowest BCUT2D eigenvalue weighted by Crippen LogP contribution is -2.49. The summed E-state index contributed by atoms with van der Waals surface area (Å²) in [4.78, 5) is 39.5. The molecule has 1 aromatic rings. The summed E-state index contributed by atoms with van der Waals surface area (Å²) in [5.41, 5.74) is 2.06. The van der Waals surface area contributed by atoms with Crippen LogP contribution in [-0.4, -0.2) is 77.0 Å². The van der Waals surface area contributed by atoms with Gasteiger partial charge in [0.05, 0.1) is 25.5 Å². The van der Waals surface area contributed by atoms with Crippen molar-refractivity contribution in [3.05, 3.63) is 17.6 Å². The van der Waals surface area contributed by atoms with E-state index < -0.39 is 6.04 Å². The van der Waals surface area contributed by atoms with E-state index in [0.29, 0.717) is 39.3 Å². The van der Waals surface area contributed by atoms with Gasteiger partial charge in [0.1, 0.15) is 18.2 Å². The molecule has 8 nitrogen and oxygen atoms in total. The summed E-state index contributed by atoms with van der Waals surface area (Å²) in [6.45, 7) is 6.74. The fourth-order valence-electron chi connectivity index (χ4n) is 4.05. The van der Waals surface area contributed by atoms with Gasteiger partial charge >= 0.3 is 0 Å². The molecule has 2 fully saturated rings. The van der Waals surface area contributed by atoms with Gasteiger partial charge in [-0.15, -0.1) is 0 Å². The molecule has 3 aliphatic heterocycles. The number of anilines is 1. The molecule has 4 heterocycles. The second-order valence-corrected chi connectivity index (χ2v) is 7.10. The van der Waals surface area contributed by atoms with Gasteiger partial charge in [-0.25, -0.2) is 9.97 Å². The number of nitrogens with zero attached hydrogens (tertiary/aromatic N) is 5. The van der Waals surface area contributed by atoms with Crippen LogP contribution in [0.25, 0.3) is 0 Å². The first-order valence-corrected chi connectivity index (χ1v) is 9.39. The van der Waals surface area contributed by atoms with Gasteiger partial charge in [-0.3, -0.25) is 9.59 Å². The van der Waals surface area contributed by atoms with E-state index in [1.807, 2.05) is 11.8 Å². The van der Waals surface area contributed by atoms with Crippen LogP contribution in [0.5, 0.6) is 0 Å². The van der Waals surface area contributed by atoms with E-state index in [1.165, 1.54) is 0 Å². The fraction of sp³-hybridized carbons (Fsp3) is 0.667. The van der Waals surface area contributed by atoms with Gasteiger partial charge in [-0.2, -0.15) is 0 Å². The minimum Gasteiger partial charge on any atom is -0.378 e. The smallest absolute Gasteiger partial charge is 0.245 e. The van der Waals surface area contributed by atoms with Crippen LogP contribution in [0.3, 0.4) is 0 Å². The van der Waals surface area contributed by atoms with Crippen molar-refractivity contribution in [1.82, 2.24) is 19.8 Å². The second-order valence-electron chi connectivity index (χ2n) is 7.10. The first kappa shape index (κ1) is 17.2. The Labute approximate surface area is 153 Å². The predicted octanol–water partition coefficient (Wildman–Crippen LogP) is 0.209. The summed E-state index contributed by atoms with van der Waals surface area (Å²) in [6.07, 6.45) is 3.73. The summed E-state index contributed by atoms with van der Waals surface area (Å²) in [5, 5.41) is 0. The zero-order valence-corrected chi connectivity index (χ0v) is 15.2. The molecule has 4 rings (SSSR count). The number of hydrogen-bond acceptors (Lipinski definition) is 6. The molecule has 8 heteroatoms. The molecule has 1 atom stereocenters. The van der Waals surface area contributed by atoms with E-state index in [2.05, 4.69) is 14.9 Å². The Balaban J connectivity index is 1.49. The average Bonchev–Trinajstić information content (AvgIpc) is 3.12. The summed E-state index contributed by atoms with van der Waals surface area (Å²) in [6, 6.07) is -0.396. The van der Waals surface area contributed by atoms with Crippen LogP contribution in [0.2, 0.25) is 0 Å². The van der Waals surface area contributed by atoms with Crippen LogP contribution in [0.1, 0.15) is 31.0 Å². The SMILES string of the molecule is C[C@@H](C(=O)N1CCc2c(ncnc2N2CCOCC2)C1)N1CCCC1=O. The lowest BCUT2D eigenvalue weighted by atomic mass is 10.0. The normalized spacial score (nSPS) is 21.7. The van der Waals surface area contributed by atoms with Crippen LogP contribution in [0, 0.1) is 0 Å². The van der Waals surface area contributed by atoms with E-state index in [4.69, 9.17) is 4.74 Å². The largest absolute Gasteiger partial charge is 0.378 e. The minimum atomic E-state index is -0.396. The molecule has 1 aromatic heterocycles. The third kappa shape index (κ3) is 3.13. The van der Waals surface area contributed by atoms with Crippen LogP contribution in [0.4, 0.5) is 5.82 Å². The van der Waals surface area contributed by atoms with E-state index >= 15 is 0 Å². The number of likely N-dealkylation sites (tertiary alicyclic amines) is 1. The molecule has 26 heavy (non-hydrogen) atoms. The van der Waals surface area contributed by atoms with Gasteiger partial charge in [0, 0.05) is 38.2 Å². The summed E-state index contributed by atoms with van der Waals surface area (Å²) in [7, 11) is 0. The lowest BCUT2D eigenvalue weighted by molar-refractivity contribution is -0.143. The predicted molar refractivity (Wildman–Crippen MR) is 94.6 cm³/mol. The van der Waals surface area contributed by atoms with Gasteiger partial charge in [0.2, 0.25) is 11.8 Å². The van der Waals surface area contributed by atoms with E-state index in [0.717, 1.165) is 43.0 Å². The maximum absolute atomic E-state index is 12.9. The molecule has 0 saturated carbocycles. The van der Waals surface area contributed by atoms with Gasteiger partial charge in [-0.1, -0.05) is 0 Å². The van der Waals surface area contributed by atoms with E-state index in [9.17, 15) is 9.59 Å². The monoisotopic (exact) mass is 359 g/mol. The molecular formula is C18H25N5O3. The Morgan fingerprint density at radius 3 is 2.69 bits per heavy atom. The number of morpholine rings is 1. The van der Waals surface area contributed by atoms with Crippen LogP contribution < -0.4 is 4.90 Å². The Morgan fingerprint density at radius 2 is 1.96 bits per heavy atom. The summed E-state index contributed by atoms with van der Waals surface area (Å²) >= 11 is 0. The molecule has 0 aliphatic carbocycles. The van der Waals surface area contributed by atoms with Crippen LogP contribution in [-0.2, 0) is 27.3 Å². The molecule has 0 N–H and O–H groups in total. The van der Waals surface area contributed by atoms with Crippen molar-refractivity contribution in [2.24, 2.45) is 0 Å². The maximum Gasteiger partial charge on any atom is 0.245 e. The third-order valence-electron chi connectivity index (χ3n) is 5.54. The number of fused-ring (bicyclic) bond motifs is 1. The molecule has 0 spiro atoms. The van der Waals surface area contributed by atoms with Crippen molar-refractivity contribution in [1.29, 1.82) is 0 Å². The summed E-state index contributed by atoms with van der Waals surface area (Å²) < 4.78 is 5.43. The fourth-order valence-corrected chi connectivity index (χ4v) is 4.05. The van der Waals surface area contributed by atoms with Gasteiger partial charge in [0.15, 0.2) is 0 Å². The standard InChI is InChI=1S/C18H25N5O3/c1-13(23-5-2-3-16(23)24)18(25)22-6-4-14-15(11-22)19-12-20-17(14)21-7-9-26-10-8-21/h12-13H,2-11H2,1H3/t13-/m0/s1. The number of hydrogen-bond donors (Lipinski definition) is 0. The molecule has 0 bridgehead atoms. The number of rotatable bonds is 3. The quantitative estimate of drug-likeness (QED) is 0.768. The Bertz CT molecular complexity index is 704. The van der Waals surface area contributed by atoms with Crippen LogP contribution >= 0.6 is 0 Å². The Kier molecular flexibility index (Phi) is 4.76. The highest BCUT2D eigenvalue weighted by molar-refractivity contribution is 5.88. The first-order chi connectivity index (χ1) is 12.6. The molecule has 0 aromatic carbocycles. The van der Waals surface area contributed by atoms with Crippen molar-refractivity contribution in [3.8, 4) is 0 Å². The Morgan fingerprint density at radius 1 is 1.15 bits per heavy atom. The van der Waals surface area contributed by atoms with Gasteiger partial charge < -0.3 is 19.4 Å². The highest BCUT2D eigenvalue weighted by Gasteiger charge is 2.34. The number of ether oxygens (including phenoxy) is 1.